The Morgan fingerprint density at radius 2 is 2.31 bits per heavy atom. The standard InChI is InChI=1S/C18H21N5O2S/c1-5-6-13(19-3)11(2)20-18-21-14-7-8-26-16(14)15(22-18)17(24)23-9-12(10-23)25-4/h5-8,11-12H,1,3,9-10H2,2,4H3,(H,20,21,22)/b13-6-. The summed E-state index contributed by atoms with van der Waals surface area (Å²) in [5, 5.41) is 5.10. The Kier molecular flexibility index (Phi) is 5.43. The first-order valence-corrected chi connectivity index (χ1v) is 9.08. The van der Waals surface area contributed by atoms with Crippen LogP contribution in [0.3, 0.4) is 0 Å². The molecule has 2 aromatic rings. The molecule has 1 aliphatic heterocycles. The van der Waals surface area contributed by atoms with Crippen molar-refractivity contribution in [2.75, 3.05) is 25.5 Å². The third-order valence-electron chi connectivity index (χ3n) is 4.24. The number of aromatic nitrogens is 2. The molecule has 0 aliphatic carbocycles. The summed E-state index contributed by atoms with van der Waals surface area (Å²) in [7, 11) is 1.65. The van der Waals surface area contributed by atoms with Crippen LogP contribution < -0.4 is 5.32 Å². The Balaban J connectivity index is 1.88. The van der Waals surface area contributed by atoms with E-state index in [1.54, 1.807) is 24.2 Å². The number of ether oxygens (including phenoxy) is 1. The number of carbonyl (C=O) groups excluding carboxylic acids is 1. The molecule has 0 radical (unpaired) electrons. The quantitative estimate of drug-likeness (QED) is 0.598. The zero-order chi connectivity index (χ0) is 18.7. The van der Waals surface area contributed by atoms with Crippen molar-refractivity contribution in [2.24, 2.45) is 4.99 Å². The fourth-order valence-electron chi connectivity index (χ4n) is 2.70. The number of carbonyl (C=O) groups is 1. The number of hydrogen-bond donors (Lipinski definition) is 1. The number of nitrogens with one attached hydrogen (secondary N) is 1. The van der Waals surface area contributed by atoms with Gasteiger partial charge in [0.25, 0.3) is 5.91 Å². The first-order valence-electron chi connectivity index (χ1n) is 8.20. The van der Waals surface area contributed by atoms with Crippen molar-refractivity contribution >= 4 is 40.1 Å². The van der Waals surface area contributed by atoms with E-state index < -0.39 is 0 Å². The molecule has 0 saturated carbocycles. The summed E-state index contributed by atoms with van der Waals surface area (Å²) in [4.78, 5) is 27.5. The molecule has 7 nitrogen and oxygen atoms in total. The lowest BCUT2D eigenvalue weighted by Crippen LogP contribution is -2.54. The molecule has 1 aliphatic rings. The van der Waals surface area contributed by atoms with Gasteiger partial charge in [0.15, 0.2) is 5.69 Å². The van der Waals surface area contributed by atoms with Gasteiger partial charge in [-0.25, -0.2) is 9.97 Å². The molecule has 0 spiro atoms. The molecule has 1 amide bonds. The van der Waals surface area contributed by atoms with Crippen LogP contribution in [0.15, 0.2) is 40.9 Å². The van der Waals surface area contributed by atoms with Gasteiger partial charge in [0.2, 0.25) is 5.95 Å². The van der Waals surface area contributed by atoms with E-state index in [1.165, 1.54) is 11.3 Å². The normalized spacial score (nSPS) is 16.2. The average Bonchev–Trinajstić information content (AvgIpc) is 3.06. The van der Waals surface area contributed by atoms with E-state index in [1.807, 2.05) is 18.4 Å². The van der Waals surface area contributed by atoms with Crippen LogP contribution in [0.2, 0.25) is 0 Å². The Morgan fingerprint density at radius 3 is 2.96 bits per heavy atom. The molecule has 1 N–H and O–H groups in total. The highest BCUT2D eigenvalue weighted by atomic mass is 32.1. The lowest BCUT2D eigenvalue weighted by molar-refractivity contribution is -0.0193. The predicted octanol–water partition coefficient (Wildman–Crippen LogP) is 2.73. The van der Waals surface area contributed by atoms with Crippen molar-refractivity contribution < 1.29 is 9.53 Å². The summed E-state index contributed by atoms with van der Waals surface area (Å²) in [5.41, 5.74) is 1.87. The average molecular weight is 371 g/mol. The maximum atomic E-state index is 12.8. The Bertz CT molecular complexity index is 870. The van der Waals surface area contributed by atoms with Crippen molar-refractivity contribution in [1.82, 2.24) is 14.9 Å². The molecule has 2 aromatic heterocycles. The summed E-state index contributed by atoms with van der Waals surface area (Å²) in [6.45, 7) is 10.3. The lowest BCUT2D eigenvalue weighted by atomic mass is 10.1. The molecule has 3 rings (SSSR count). The van der Waals surface area contributed by atoms with Crippen LogP contribution in [0, 0.1) is 0 Å². The van der Waals surface area contributed by atoms with E-state index in [4.69, 9.17) is 4.74 Å². The number of rotatable bonds is 7. The fraction of sp³-hybridized carbons (Fsp3) is 0.333. The Labute approximate surface area is 156 Å². The Hall–Kier alpha value is -2.58. The van der Waals surface area contributed by atoms with Gasteiger partial charge in [-0.1, -0.05) is 12.7 Å². The van der Waals surface area contributed by atoms with Crippen LogP contribution in [0.25, 0.3) is 10.2 Å². The number of fused-ring (bicyclic) bond motifs is 1. The van der Waals surface area contributed by atoms with Crippen LogP contribution in [0.4, 0.5) is 5.95 Å². The minimum Gasteiger partial charge on any atom is -0.378 e. The highest BCUT2D eigenvalue weighted by molar-refractivity contribution is 7.17. The molecule has 8 heteroatoms. The number of amides is 1. The summed E-state index contributed by atoms with van der Waals surface area (Å²) in [6, 6.07) is 1.71. The van der Waals surface area contributed by atoms with Gasteiger partial charge >= 0.3 is 0 Å². The number of nitrogens with zero attached hydrogens (tertiary/aromatic N) is 4. The van der Waals surface area contributed by atoms with Crippen LogP contribution in [0.5, 0.6) is 0 Å². The van der Waals surface area contributed by atoms with Crippen molar-refractivity contribution in [3.8, 4) is 0 Å². The van der Waals surface area contributed by atoms with Gasteiger partial charge in [-0.3, -0.25) is 9.79 Å². The number of methoxy groups -OCH3 is 1. The SMILES string of the molecule is C=C/C=C(\N=C)C(C)Nc1nc(C(=O)N2CC(OC)C2)c2sccc2n1. The molecule has 26 heavy (non-hydrogen) atoms. The van der Waals surface area contributed by atoms with Gasteiger partial charge in [0.1, 0.15) is 0 Å². The van der Waals surface area contributed by atoms with Crippen molar-refractivity contribution in [2.45, 2.75) is 19.1 Å². The molecule has 1 atom stereocenters. The Morgan fingerprint density at radius 1 is 1.54 bits per heavy atom. The fourth-order valence-corrected chi connectivity index (χ4v) is 3.51. The monoisotopic (exact) mass is 371 g/mol. The van der Waals surface area contributed by atoms with Crippen LogP contribution in [0.1, 0.15) is 17.4 Å². The molecule has 0 aromatic carbocycles. The molecular weight excluding hydrogens is 350 g/mol. The molecular formula is C18H21N5O2S. The van der Waals surface area contributed by atoms with Gasteiger partial charge in [0.05, 0.1) is 28.1 Å². The lowest BCUT2D eigenvalue weighted by Gasteiger charge is -2.37. The number of allylic oxidation sites excluding steroid dienone is 2. The summed E-state index contributed by atoms with van der Waals surface area (Å²) in [6.07, 6.45) is 3.52. The zero-order valence-corrected chi connectivity index (χ0v) is 15.6. The van der Waals surface area contributed by atoms with E-state index in [-0.39, 0.29) is 18.1 Å². The second-order valence-electron chi connectivity index (χ2n) is 5.95. The van der Waals surface area contributed by atoms with Crippen LogP contribution >= 0.6 is 11.3 Å². The van der Waals surface area contributed by atoms with Crippen molar-refractivity contribution in [3.05, 3.63) is 41.6 Å². The smallest absolute Gasteiger partial charge is 0.274 e. The summed E-state index contributed by atoms with van der Waals surface area (Å²) in [5.74, 6) is 0.279. The molecule has 1 unspecified atom stereocenters. The zero-order valence-electron chi connectivity index (χ0n) is 14.8. The van der Waals surface area contributed by atoms with E-state index in [0.717, 1.165) is 10.2 Å². The second-order valence-corrected chi connectivity index (χ2v) is 6.87. The third kappa shape index (κ3) is 3.51. The molecule has 136 valence electrons. The maximum Gasteiger partial charge on any atom is 0.274 e. The summed E-state index contributed by atoms with van der Waals surface area (Å²) < 4.78 is 6.04. The molecule has 3 heterocycles. The van der Waals surface area contributed by atoms with Crippen LogP contribution in [-0.2, 0) is 4.74 Å². The molecule has 1 saturated heterocycles. The number of aliphatic imine (C=N–C) groups is 1. The van der Waals surface area contributed by atoms with Gasteiger partial charge in [-0.15, -0.1) is 11.3 Å². The van der Waals surface area contributed by atoms with E-state index in [2.05, 4.69) is 33.6 Å². The largest absolute Gasteiger partial charge is 0.378 e. The van der Waals surface area contributed by atoms with E-state index >= 15 is 0 Å². The maximum absolute atomic E-state index is 12.8. The number of likely N-dealkylation sites (tertiary alicyclic amines) is 1. The molecule has 1 fully saturated rings. The van der Waals surface area contributed by atoms with Crippen molar-refractivity contribution in [3.63, 3.8) is 0 Å². The van der Waals surface area contributed by atoms with E-state index in [0.29, 0.717) is 30.4 Å². The second kappa shape index (κ2) is 7.76. The van der Waals surface area contributed by atoms with Gasteiger partial charge in [0, 0.05) is 20.2 Å². The third-order valence-corrected chi connectivity index (χ3v) is 5.15. The highest BCUT2D eigenvalue weighted by Crippen LogP contribution is 2.26. The number of hydrogen-bond acceptors (Lipinski definition) is 7. The minimum atomic E-state index is -0.175. The van der Waals surface area contributed by atoms with Gasteiger partial charge in [-0.05, 0) is 31.2 Å². The summed E-state index contributed by atoms with van der Waals surface area (Å²) >= 11 is 1.46. The topological polar surface area (TPSA) is 79.7 Å². The van der Waals surface area contributed by atoms with E-state index in [9.17, 15) is 4.79 Å². The number of anilines is 1. The predicted molar refractivity (Wildman–Crippen MR) is 105 cm³/mol. The minimum absolute atomic E-state index is 0.0995. The van der Waals surface area contributed by atoms with Crippen molar-refractivity contribution in [1.29, 1.82) is 0 Å². The van der Waals surface area contributed by atoms with Gasteiger partial charge < -0.3 is 15.0 Å². The first kappa shape index (κ1) is 18.2. The highest BCUT2D eigenvalue weighted by Gasteiger charge is 2.33. The van der Waals surface area contributed by atoms with Gasteiger partial charge in [-0.2, -0.15) is 0 Å². The molecule has 0 bridgehead atoms. The van der Waals surface area contributed by atoms with Crippen LogP contribution in [-0.4, -0.2) is 59.8 Å². The number of thiophene rings is 1. The first-order chi connectivity index (χ1) is 12.6.